The lowest BCUT2D eigenvalue weighted by Gasteiger charge is -2.18. The number of halogens is 3. The zero-order valence-corrected chi connectivity index (χ0v) is 20.9. The molecule has 7 nitrogen and oxygen atoms in total. The van der Waals surface area contributed by atoms with Crippen molar-refractivity contribution in [1.29, 1.82) is 0 Å². The summed E-state index contributed by atoms with van der Waals surface area (Å²) in [5.41, 5.74) is 1.75. The number of amides is 1. The van der Waals surface area contributed by atoms with Crippen LogP contribution in [0.2, 0.25) is 10.0 Å². The monoisotopic (exact) mass is 527 g/mol. The van der Waals surface area contributed by atoms with Crippen LogP contribution in [0.5, 0.6) is 5.75 Å². The van der Waals surface area contributed by atoms with E-state index in [1.807, 2.05) is 31.2 Å². The van der Waals surface area contributed by atoms with Crippen LogP contribution in [0.25, 0.3) is 11.7 Å². The second kappa shape index (κ2) is 11.4. The second-order valence-electron chi connectivity index (χ2n) is 8.13. The number of imidazole rings is 1. The molecule has 0 bridgehead atoms. The first-order valence-electron chi connectivity index (χ1n) is 11.3. The van der Waals surface area contributed by atoms with Crippen molar-refractivity contribution in [2.24, 2.45) is 0 Å². The van der Waals surface area contributed by atoms with E-state index in [-0.39, 0.29) is 28.2 Å². The van der Waals surface area contributed by atoms with E-state index in [1.54, 1.807) is 28.9 Å². The first kappa shape index (κ1) is 25.5. The number of nitrogens with zero attached hydrogens (tertiary/aromatic N) is 4. The largest absolute Gasteiger partial charge is 0.506 e. The number of benzene rings is 2. The van der Waals surface area contributed by atoms with E-state index in [2.05, 4.69) is 20.3 Å². The van der Waals surface area contributed by atoms with Gasteiger partial charge in [-0.15, -0.1) is 5.10 Å². The van der Waals surface area contributed by atoms with E-state index in [4.69, 9.17) is 23.2 Å². The molecule has 0 aliphatic carbocycles. The number of carbonyl (C=O) groups excluding carboxylic acids is 1. The number of allylic oxidation sites excluding steroid dienone is 1. The molecule has 36 heavy (non-hydrogen) atoms. The predicted octanol–water partition coefficient (Wildman–Crippen LogP) is 5.61. The van der Waals surface area contributed by atoms with Crippen LogP contribution in [0.4, 0.5) is 10.2 Å². The van der Waals surface area contributed by atoms with Gasteiger partial charge in [0.15, 0.2) is 5.65 Å². The van der Waals surface area contributed by atoms with Crippen molar-refractivity contribution >= 4 is 46.7 Å². The first-order chi connectivity index (χ1) is 17.4. The Bertz CT molecular complexity index is 1390. The third kappa shape index (κ3) is 5.95. The van der Waals surface area contributed by atoms with E-state index < -0.39 is 5.91 Å². The normalized spacial score (nSPS) is 15.2. The quantitative estimate of drug-likeness (QED) is 0.360. The average Bonchev–Trinajstić information content (AvgIpc) is 3.49. The lowest BCUT2D eigenvalue weighted by atomic mass is 10.1. The highest BCUT2D eigenvalue weighted by atomic mass is 35.5. The van der Waals surface area contributed by atoms with Crippen LogP contribution >= 0.6 is 23.2 Å². The van der Waals surface area contributed by atoms with Crippen LogP contribution in [0.15, 0.2) is 66.9 Å². The van der Waals surface area contributed by atoms with Gasteiger partial charge in [0, 0.05) is 24.2 Å². The molecule has 186 valence electrons. The molecule has 1 amide bonds. The molecule has 1 aliphatic heterocycles. The van der Waals surface area contributed by atoms with Gasteiger partial charge in [0.25, 0.3) is 5.91 Å². The summed E-state index contributed by atoms with van der Waals surface area (Å²) >= 11 is 11.9. The third-order valence-corrected chi connectivity index (χ3v) is 6.07. The van der Waals surface area contributed by atoms with Gasteiger partial charge in [0.1, 0.15) is 17.4 Å². The maximum Gasteiger partial charge on any atom is 0.255 e. The van der Waals surface area contributed by atoms with Crippen LogP contribution < -0.4 is 10.2 Å². The fraction of sp³-hybridized carbons (Fsp3) is 0.192. The highest BCUT2D eigenvalue weighted by molar-refractivity contribution is 6.36. The standard InChI is InChI=1S/C20H19Cl2N5O2.C6H5F/c1-2-3-14-10-23-17-4-5-18(25-27(14)17)26-7-6-13(11-26)24-20(29)15-8-12(21)9-16(22)19(15)28;7-6-4-2-1-3-5-6/h2-5,8-10,13,28H,6-7,11H2,1H3,(H,24,29);1-5H/b3-2-;/t13-;/m0./s1. The predicted molar refractivity (Wildman–Crippen MR) is 140 cm³/mol. The smallest absolute Gasteiger partial charge is 0.255 e. The SMILES string of the molecule is C/C=C\c1cnc2ccc(N3CC[C@H](NC(=O)c4cc(Cl)cc(Cl)c4O)C3)nn12.Fc1ccccc1. The minimum absolute atomic E-state index is 0.0467. The number of hydrogen-bond donors (Lipinski definition) is 2. The number of phenolic OH excluding ortho intramolecular Hbond substituents is 1. The molecule has 2 aromatic heterocycles. The summed E-state index contributed by atoms with van der Waals surface area (Å²) < 4.78 is 13.7. The Balaban J connectivity index is 0.000000375. The van der Waals surface area contributed by atoms with Gasteiger partial charge in [0.2, 0.25) is 0 Å². The lowest BCUT2D eigenvalue weighted by molar-refractivity contribution is 0.0937. The fourth-order valence-corrected chi connectivity index (χ4v) is 4.33. The van der Waals surface area contributed by atoms with E-state index >= 15 is 0 Å². The molecule has 0 saturated carbocycles. The number of rotatable bonds is 4. The molecule has 10 heteroatoms. The van der Waals surface area contributed by atoms with Crippen molar-refractivity contribution in [3.63, 3.8) is 0 Å². The van der Waals surface area contributed by atoms with Gasteiger partial charge >= 0.3 is 0 Å². The average molecular weight is 528 g/mol. The highest BCUT2D eigenvalue weighted by Crippen LogP contribution is 2.31. The van der Waals surface area contributed by atoms with Crippen LogP contribution in [-0.4, -0.2) is 44.7 Å². The number of aromatic hydroxyl groups is 1. The van der Waals surface area contributed by atoms with Crippen molar-refractivity contribution in [1.82, 2.24) is 19.9 Å². The van der Waals surface area contributed by atoms with Crippen LogP contribution in [0, 0.1) is 5.82 Å². The Hall–Kier alpha value is -3.62. The Morgan fingerprint density at radius 2 is 1.97 bits per heavy atom. The van der Waals surface area contributed by atoms with E-state index in [9.17, 15) is 14.3 Å². The zero-order valence-electron chi connectivity index (χ0n) is 19.4. The molecule has 1 atom stereocenters. The Kier molecular flexibility index (Phi) is 8.07. The summed E-state index contributed by atoms with van der Waals surface area (Å²) in [6, 6.07) is 14.5. The molecular formula is C26H24Cl2FN5O2. The molecule has 3 heterocycles. The van der Waals surface area contributed by atoms with Crippen LogP contribution in [-0.2, 0) is 0 Å². The first-order valence-corrected chi connectivity index (χ1v) is 12.0. The summed E-state index contributed by atoms with van der Waals surface area (Å²) in [6.07, 6.45) is 6.43. The molecule has 0 radical (unpaired) electrons. The number of nitrogens with one attached hydrogen (secondary N) is 1. The minimum Gasteiger partial charge on any atom is -0.506 e. The van der Waals surface area contributed by atoms with Crippen molar-refractivity contribution in [2.75, 3.05) is 18.0 Å². The van der Waals surface area contributed by atoms with E-state index in [0.717, 1.165) is 30.1 Å². The molecule has 5 rings (SSSR count). The molecule has 2 N–H and O–H groups in total. The number of fused-ring (bicyclic) bond motifs is 1. The van der Waals surface area contributed by atoms with E-state index in [0.29, 0.717) is 11.6 Å². The summed E-state index contributed by atoms with van der Waals surface area (Å²) in [4.78, 5) is 19.0. The van der Waals surface area contributed by atoms with Gasteiger partial charge in [0.05, 0.1) is 22.5 Å². The summed E-state index contributed by atoms with van der Waals surface area (Å²) in [5, 5.41) is 18.0. The maximum atomic E-state index is 12.6. The topological polar surface area (TPSA) is 82.8 Å². The second-order valence-corrected chi connectivity index (χ2v) is 8.97. The number of hydrogen-bond acceptors (Lipinski definition) is 5. The van der Waals surface area contributed by atoms with Gasteiger partial charge in [-0.1, -0.05) is 47.5 Å². The summed E-state index contributed by atoms with van der Waals surface area (Å²) in [6.45, 7) is 3.30. The molecule has 0 unspecified atom stereocenters. The van der Waals surface area contributed by atoms with Crippen molar-refractivity contribution < 1.29 is 14.3 Å². The van der Waals surface area contributed by atoms with Crippen LogP contribution in [0.1, 0.15) is 29.4 Å². The number of anilines is 1. The Morgan fingerprint density at radius 3 is 2.67 bits per heavy atom. The summed E-state index contributed by atoms with van der Waals surface area (Å²) in [7, 11) is 0. The minimum atomic E-state index is -0.410. The Labute approximate surface area is 217 Å². The van der Waals surface area contributed by atoms with E-state index in [1.165, 1.54) is 24.3 Å². The van der Waals surface area contributed by atoms with Crippen LogP contribution in [0.3, 0.4) is 0 Å². The molecular weight excluding hydrogens is 504 g/mol. The lowest BCUT2D eigenvalue weighted by Crippen LogP contribution is -2.37. The molecule has 4 aromatic rings. The molecule has 1 aliphatic rings. The van der Waals surface area contributed by atoms with Gasteiger partial charge in [-0.3, -0.25) is 4.79 Å². The number of aromatic nitrogens is 3. The zero-order chi connectivity index (χ0) is 25.7. The van der Waals surface area contributed by atoms with Gasteiger partial charge in [-0.05, 0) is 55.8 Å². The summed E-state index contributed by atoms with van der Waals surface area (Å²) in [5.74, 6) is -0.0477. The maximum absolute atomic E-state index is 12.6. The molecule has 1 saturated heterocycles. The fourth-order valence-electron chi connectivity index (χ4n) is 3.84. The van der Waals surface area contributed by atoms with Crippen molar-refractivity contribution in [2.45, 2.75) is 19.4 Å². The third-order valence-electron chi connectivity index (χ3n) is 5.57. The Morgan fingerprint density at radius 1 is 1.19 bits per heavy atom. The highest BCUT2D eigenvalue weighted by Gasteiger charge is 2.27. The molecule has 2 aromatic carbocycles. The van der Waals surface area contributed by atoms with Gasteiger partial charge in [-0.25, -0.2) is 13.9 Å². The van der Waals surface area contributed by atoms with Gasteiger partial charge in [-0.2, -0.15) is 0 Å². The van der Waals surface area contributed by atoms with Gasteiger partial charge < -0.3 is 15.3 Å². The van der Waals surface area contributed by atoms with Crippen molar-refractivity contribution in [3.05, 3.63) is 94.0 Å². The van der Waals surface area contributed by atoms with Crippen molar-refractivity contribution in [3.8, 4) is 5.75 Å². The number of carbonyl (C=O) groups is 1. The number of phenols is 1. The molecule has 1 fully saturated rings. The molecule has 0 spiro atoms.